The van der Waals surface area contributed by atoms with Crippen LogP contribution in [-0.4, -0.2) is 22.8 Å². The zero-order valence-electron chi connectivity index (χ0n) is 13.1. The highest BCUT2D eigenvalue weighted by atomic mass is 32.1. The van der Waals surface area contributed by atoms with Crippen LogP contribution in [0.4, 0.5) is 5.69 Å². The summed E-state index contributed by atoms with van der Waals surface area (Å²) in [6.07, 6.45) is 0. The highest BCUT2D eigenvalue weighted by Crippen LogP contribution is 2.25. The van der Waals surface area contributed by atoms with Crippen molar-refractivity contribution in [3.8, 4) is 16.5 Å². The number of nitrogens with one attached hydrogen (secondary N) is 1. The maximum Gasteiger partial charge on any atom is 0.437 e. The van der Waals surface area contributed by atoms with Gasteiger partial charge in [0.25, 0.3) is 5.89 Å². The maximum absolute atomic E-state index is 12.2. The van der Waals surface area contributed by atoms with Crippen LogP contribution in [0, 0.1) is 6.92 Å². The molecule has 2 aromatic heterocycles. The van der Waals surface area contributed by atoms with Crippen molar-refractivity contribution in [2.45, 2.75) is 13.5 Å². The van der Waals surface area contributed by atoms with E-state index < -0.39 is 11.7 Å². The smallest absolute Gasteiger partial charge is 0.437 e. The number of hydrogen-bond acceptors (Lipinski definition) is 6. The number of carbonyl (C=O) groups excluding carboxylic acids is 1. The van der Waals surface area contributed by atoms with Gasteiger partial charge < -0.3 is 14.5 Å². The molecule has 24 heavy (non-hydrogen) atoms. The Morgan fingerprint density at radius 2 is 2.25 bits per heavy atom. The number of methoxy groups -OCH3 is 1. The van der Waals surface area contributed by atoms with Gasteiger partial charge >= 0.3 is 5.76 Å². The van der Waals surface area contributed by atoms with Gasteiger partial charge in [0, 0.05) is 0 Å². The van der Waals surface area contributed by atoms with Crippen LogP contribution in [0.2, 0.25) is 0 Å². The molecule has 0 aliphatic heterocycles. The van der Waals surface area contributed by atoms with Crippen molar-refractivity contribution in [3.63, 3.8) is 0 Å². The molecule has 0 radical (unpaired) electrons. The predicted molar refractivity (Wildman–Crippen MR) is 90.4 cm³/mol. The minimum absolute atomic E-state index is 0.205. The Hall–Kier alpha value is -2.87. The Labute approximate surface area is 141 Å². The van der Waals surface area contributed by atoms with Crippen LogP contribution in [0.5, 0.6) is 5.75 Å². The van der Waals surface area contributed by atoms with Crippen molar-refractivity contribution in [3.05, 3.63) is 51.8 Å². The molecule has 3 rings (SSSR count). The lowest BCUT2D eigenvalue weighted by molar-refractivity contribution is -0.117. The first-order valence-electron chi connectivity index (χ1n) is 7.13. The summed E-state index contributed by atoms with van der Waals surface area (Å²) < 4.78 is 11.3. The van der Waals surface area contributed by atoms with Crippen molar-refractivity contribution in [1.29, 1.82) is 0 Å². The van der Waals surface area contributed by atoms with Crippen molar-refractivity contribution >= 4 is 22.9 Å². The number of ether oxygens (including phenoxy) is 1. The second-order valence-corrected chi connectivity index (χ2v) is 6.01. The van der Waals surface area contributed by atoms with Crippen molar-refractivity contribution < 1.29 is 13.9 Å². The number of anilines is 1. The highest BCUT2D eigenvalue weighted by molar-refractivity contribution is 7.13. The monoisotopic (exact) mass is 345 g/mol. The van der Waals surface area contributed by atoms with Crippen LogP contribution in [0.1, 0.15) is 5.56 Å². The zero-order valence-corrected chi connectivity index (χ0v) is 13.9. The summed E-state index contributed by atoms with van der Waals surface area (Å²) in [5, 5.41) is 8.62. The first-order chi connectivity index (χ1) is 11.6. The van der Waals surface area contributed by atoms with Crippen LogP contribution in [0.15, 0.2) is 44.9 Å². The summed E-state index contributed by atoms with van der Waals surface area (Å²) >= 11 is 1.40. The number of carbonyl (C=O) groups is 1. The molecule has 7 nitrogen and oxygen atoms in total. The van der Waals surface area contributed by atoms with Crippen LogP contribution in [0.25, 0.3) is 10.8 Å². The van der Waals surface area contributed by atoms with Gasteiger partial charge in [-0.25, -0.2) is 4.79 Å². The Kier molecular flexibility index (Phi) is 4.48. The molecule has 3 aromatic rings. The molecule has 0 aliphatic carbocycles. The minimum Gasteiger partial charge on any atom is -0.495 e. The molecule has 0 atom stereocenters. The lowest BCUT2D eigenvalue weighted by Gasteiger charge is -2.10. The number of aryl methyl sites for hydroxylation is 1. The normalized spacial score (nSPS) is 10.6. The Morgan fingerprint density at radius 3 is 2.96 bits per heavy atom. The summed E-state index contributed by atoms with van der Waals surface area (Å²) in [5.41, 5.74) is 1.52. The number of rotatable bonds is 5. The fraction of sp³-hybridized carbons (Fsp3) is 0.188. The van der Waals surface area contributed by atoms with Gasteiger partial charge in [-0.1, -0.05) is 12.1 Å². The Bertz CT molecular complexity index is 912. The third-order valence-corrected chi connectivity index (χ3v) is 4.12. The van der Waals surface area contributed by atoms with E-state index in [-0.39, 0.29) is 12.4 Å². The Balaban J connectivity index is 1.76. The third kappa shape index (κ3) is 3.38. The van der Waals surface area contributed by atoms with Gasteiger partial charge in [0.05, 0.1) is 17.7 Å². The van der Waals surface area contributed by atoms with Crippen molar-refractivity contribution in [2.75, 3.05) is 12.4 Å². The molecule has 0 saturated carbocycles. The van der Waals surface area contributed by atoms with Crippen LogP contribution in [0.3, 0.4) is 0 Å². The molecule has 0 bridgehead atoms. The molecule has 0 unspecified atom stereocenters. The van der Waals surface area contributed by atoms with E-state index in [9.17, 15) is 9.59 Å². The van der Waals surface area contributed by atoms with Gasteiger partial charge in [-0.2, -0.15) is 4.68 Å². The van der Waals surface area contributed by atoms with E-state index in [1.807, 2.05) is 24.4 Å². The number of benzene rings is 1. The molecule has 124 valence electrons. The standard InChI is InChI=1S/C16H15N3O4S/c1-10-5-6-12(22-2)11(8-10)17-14(20)9-19-16(21)23-15(18-19)13-4-3-7-24-13/h3-8H,9H2,1-2H3,(H,17,20). The first kappa shape index (κ1) is 16.0. The van der Waals surface area contributed by atoms with E-state index in [4.69, 9.17) is 9.15 Å². The molecule has 0 aliphatic rings. The maximum atomic E-state index is 12.2. The fourth-order valence-electron chi connectivity index (χ4n) is 2.15. The molecule has 1 aromatic carbocycles. The molecular weight excluding hydrogens is 330 g/mol. The molecule has 8 heteroatoms. The van der Waals surface area contributed by atoms with Gasteiger partial charge in [0.1, 0.15) is 12.3 Å². The topological polar surface area (TPSA) is 86.4 Å². The molecular formula is C16H15N3O4S. The van der Waals surface area contributed by atoms with Gasteiger partial charge in [0.2, 0.25) is 5.91 Å². The Morgan fingerprint density at radius 1 is 1.42 bits per heavy atom. The predicted octanol–water partition coefficient (Wildman–Crippen LogP) is 2.52. The lowest BCUT2D eigenvalue weighted by atomic mass is 10.2. The van der Waals surface area contributed by atoms with E-state index in [0.717, 1.165) is 15.1 Å². The average molecular weight is 345 g/mol. The van der Waals surface area contributed by atoms with E-state index in [1.165, 1.54) is 18.4 Å². The SMILES string of the molecule is COc1ccc(C)cc1NC(=O)Cn1nc(-c2cccs2)oc1=O. The van der Waals surface area contributed by atoms with Crippen LogP contribution in [-0.2, 0) is 11.3 Å². The van der Waals surface area contributed by atoms with Crippen molar-refractivity contribution in [1.82, 2.24) is 9.78 Å². The van der Waals surface area contributed by atoms with E-state index >= 15 is 0 Å². The fourth-order valence-corrected chi connectivity index (χ4v) is 2.80. The number of hydrogen-bond donors (Lipinski definition) is 1. The van der Waals surface area contributed by atoms with Gasteiger partial charge in [-0.05, 0) is 36.1 Å². The average Bonchev–Trinajstić information content (AvgIpc) is 3.18. The number of aromatic nitrogens is 2. The second-order valence-electron chi connectivity index (χ2n) is 5.06. The van der Waals surface area contributed by atoms with E-state index in [1.54, 1.807) is 18.2 Å². The van der Waals surface area contributed by atoms with E-state index in [2.05, 4.69) is 10.4 Å². The summed E-state index contributed by atoms with van der Waals surface area (Å²) in [5.74, 6) is -0.326. The zero-order chi connectivity index (χ0) is 17.1. The number of thiophene rings is 1. The van der Waals surface area contributed by atoms with E-state index in [0.29, 0.717) is 11.4 Å². The molecule has 0 fully saturated rings. The highest BCUT2D eigenvalue weighted by Gasteiger charge is 2.15. The lowest BCUT2D eigenvalue weighted by Crippen LogP contribution is -2.26. The van der Waals surface area contributed by atoms with Crippen LogP contribution < -0.4 is 15.8 Å². The molecule has 0 spiro atoms. The molecule has 0 saturated heterocycles. The third-order valence-electron chi connectivity index (χ3n) is 3.26. The summed E-state index contributed by atoms with van der Waals surface area (Å²) in [7, 11) is 1.52. The molecule has 1 amide bonds. The quantitative estimate of drug-likeness (QED) is 0.768. The molecule has 2 heterocycles. The summed E-state index contributed by atoms with van der Waals surface area (Å²) in [4.78, 5) is 24.8. The van der Waals surface area contributed by atoms with Gasteiger partial charge in [-0.3, -0.25) is 4.79 Å². The summed E-state index contributed by atoms with van der Waals surface area (Å²) in [6.45, 7) is 1.66. The van der Waals surface area contributed by atoms with Gasteiger partial charge in [-0.15, -0.1) is 16.4 Å². The minimum atomic E-state index is -0.676. The number of amides is 1. The largest absolute Gasteiger partial charge is 0.495 e. The van der Waals surface area contributed by atoms with Crippen LogP contribution >= 0.6 is 11.3 Å². The summed E-state index contributed by atoms with van der Waals surface area (Å²) in [6, 6.07) is 9.05. The molecule has 1 N–H and O–H groups in total. The number of nitrogens with zero attached hydrogens (tertiary/aromatic N) is 2. The van der Waals surface area contributed by atoms with Crippen molar-refractivity contribution in [2.24, 2.45) is 0 Å². The van der Waals surface area contributed by atoms with Gasteiger partial charge in [0.15, 0.2) is 0 Å². The second kappa shape index (κ2) is 6.71. The first-order valence-corrected chi connectivity index (χ1v) is 8.01.